The number of amidine groups is 1. The molecule has 1 atom stereocenters. The van der Waals surface area contributed by atoms with E-state index in [1.165, 1.54) is 11.8 Å². The second-order valence-corrected chi connectivity index (χ2v) is 7.22. The average Bonchev–Trinajstić information content (AvgIpc) is 2.72. The number of carbonyl (C=O) groups is 2. The van der Waals surface area contributed by atoms with Crippen LogP contribution < -0.4 is 15.4 Å². The van der Waals surface area contributed by atoms with Crippen molar-refractivity contribution in [2.45, 2.75) is 18.6 Å². The molecule has 0 spiro atoms. The first-order valence-electron chi connectivity index (χ1n) is 8.64. The number of hydrogen-bond donors (Lipinski definition) is 2. The van der Waals surface area contributed by atoms with Crippen LogP contribution in [0.4, 0.5) is 5.69 Å². The summed E-state index contributed by atoms with van der Waals surface area (Å²) in [7, 11) is 1.58. The lowest BCUT2D eigenvalue weighted by Crippen LogP contribution is -2.41. The van der Waals surface area contributed by atoms with E-state index in [2.05, 4.69) is 20.8 Å². The summed E-state index contributed by atoms with van der Waals surface area (Å²) >= 11 is 1.18. The summed E-state index contributed by atoms with van der Waals surface area (Å²) < 4.78 is 5.10. The molecule has 0 saturated carbocycles. The fraction of sp³-hybridized carbons (Fsp3) is 0.200. The number of carbonyl (C=O) groups excluding carboxylic acids is 2. The number of anilines is 1. The van der Waals surface area contributed by atoms with E-state index in [9.17, 15) is 9.59 Å². The smallest absolute Gasteiger partial charge is 0.238 e. The van der Waals surface area contributed by atoms with Gasteiger partial charge in [0.25, 0.3) is 0 Å². The minimum absolute atomic E-state index is 0.0764. The van der Waals surface area contributed by atoms with Crippen LogP contribution in [0.15, 0.2) is 64.8 Å². The van der Waals surface area contributed by atoms with E-state index in [1.807, 2.05) is 37.3 Å². The highest BCUT2D eigenvalue weighted by Crippen LogP contribution is 2.23. The van der Waals surface area contributed by atoms with Crippen LogP contribution in [0, 0.1) is 0 Å². The number of benzene rings is 2. The Balaban J connectivity index is 1.67. The number of methoxy groups -OCH3 is 1. The van der Waals surface area contributed by atoms with Crippen LogP contribution in [0.5, 0.6) is 5.75 Å². The molecule has 0 unspecified atom stereocenters. The first-order valence-corrected chi connectivity index (χ1v) is 9.52. The highest BCUT2D eigenvalue weighted by Gasteiger charge is 2.30. The van der Waals surface area contributed by atoms with E-state index in [0.717, 1.165) is 5.56 Å². The van der Waals surface area contributed by atoms with Crippen molar-refractivity contribution in [3.05, 3.63) is 60.2 Å². The van der Waals surface area contributed by atoms with Gasteiger partial charge in [0, 0.05) is 12.1 Å². The first kappa shape index (κ1) is 19.6. The molecule has 1 aliphatic rings. The molecule has 3 rings (SSSR count). The molecule has 2 aromatic rings. The van der Waals surface area contributed by atoms with E-state index < -0.39 is 5.25 Å². The van der Waals surface area contributed by atoms with Gasteiger partial charge in [-0.05, 0) is 36.8 Å². The highest BCUT2D eigenvalue weighted by atomic mass is 32.2. The molecule has 1 heterocycles. The Bertz CT molecular complexity index is 911. The van der Waals surface area contributed by atoms with Gasteiger partial charge in [-0.25, -0.2) is 0 Å². The molecule has 1 aliphatic heterocycles. The molecule has 0 aromatic heterocycles. The molecule has 0 aliphatic carbocycles. The van der Waals surface area contributed by atoms with Crippen molar-refractivity contribution in [2.75, 3.05) is 12.4 Å². The van der Waals surface area contributed by atoms with Gasteiger partial charge in [0.15, 0.2) is 5.17 Å². The maximum atomic E-state index is 12.5. The number of amides is 2. The normalized spacial score (nSPS) is 18.5. The average molecular weight is 396 g/mol. The molecule has 144 valence electrons. The summed E-state index contributed by atoms with van der Waals surface area (Å²) in [6.07, 6.45) is 0.0764. The zero-order valence-electron chi connectivity index (χ0n) is 15.5. The number of nitrogens with zero attached hydrogens (tertiary/aromatic N) is 2. The third-order valence-electron chi connectivity index (χ3n) is 4.00. The van der Waals surface area contributed by atoms with E-state index in [4.69, 9.17) is 4.74 Å². The van der Waals surface area contributed by atoms with Crippen molar-refractivity contribution in [3.63, 3.8) is 0 Å². The molecule has 2 N–H and O–H groups in total. The number of thioether (sulfide) groups is 1. The lowest BCUT2D eigenvalue weighted by molar-refractivity contribution is -0.123. The van der Waals surface area contributed by atoms with Crippen LogP contribution >= 0.6 is 11.8 Å². The molecule has 0 radical (unpaired) electrons. The Morgan fingerprint density at radius 1 is 1.18 bits per heavy atom. The monoisotopic (exact) mass is 396 g/mol. The fourth-order valence-electron chi connectivity index (χ4n) is 2.49. The molecular weight excluding hydrogens is 376 g/mol. The molecule has 2 aromatic carbocycles. The molecular formula is C20H20N4O3S. The topological polar surface area (TPSA) is 92.1 Å². The molecule has 2 amide bonds. The maximum absolute atomic E-state index is 12.5. The third-order valence-corrected chi connectivity index (χ3v) is 5.08. The molecule has 1 fully saturated rings. The predicted octanol–water partition coefficient (Wildman–Crippen LogP) is 3.04. The molecule has 7 nitrogen and oxygen atoms in total. The Morgan fingerprint density at radius 2 is 1.89 bits per heavy atom. The van der Waals surface area contributed by atoms with Gasteiger partial charge in [-0.3, -0.25) is 9.59 Å². The van der Waals surface area contributed by atoms with Crippen LogP contribution in [0.3, 0.4) is 0 Å². The minimum Gasteiger partial charge on any atom is -0.497 e. The van der Waals surface area contributed by atoms with Crippen molar-refractivity contribution < 1.29 is 14.3 Å². The largest absolute Gasteiger partial charge is 0.497 e. The van der Waals surface area contributed by atoms with Gasteiger partial charge < -0.3 is 15.4 Å². The van der Waals surface area contributed by atoms with Crippen LogP contribution in [0.2, 0.25) is 0 Å². The van der Waals surface area contributed by atoms with Crippen molar-refractivity contribution in [3.8, 4) is 5.75 Å². The summed E-state index contributed by atoms with van der Waals surface area (Å²) in [6.45, 7) is 1.84. The summed E-state index contributed by atoms with van der Waals surface area (Å²) in [6, 6.07) is 16.6. The Hall–Kier alpha value is -3.13. The fourth-order valence-corrected chi connectivity index (χ4v) is 3.42. The number of nitrogens with one attached hydrogen (secondary N) is 2. The van der Waals surface area contributed by atoms with Crippen LogP contribution in [0.1, 0.15) is 18.9 Å². The number of rotatable bonds is 5. The third kappa shape index (κ3) is 5.20. The van der Waals surface area contributed by atoms with Crippen molar-refractivity contribution in [1.82, 2.24) is 5.32 Å². The molecule has 0 bridgehead atoms. The summed E-state index contributed by atoms with van der Waals surface area (Å²) in [5.74, 6) is 0.173. The minimum atomic E-state index is -0.582. The Morgan fingerprint density at radius 3 is 2.57 bits per heavy atom. The lowest BCUT2D eigenvalue weighted by atomic mass is 10.1. The van der Waals surface area contributed by atoms with E-state index in [0.29, 0.717) is 22.3 Å². The van der Waals surface area contributed by atoms with E-state index in [-0.39, 0.29) is 18.2 Å². The molecule has 8 heteroatoms. The van der Waals surface area contributed by atoms with E-state index in [1.54, 1.807) is 31.4 Å². The van der Waals surface area contributed by atoms with Crippen LogP contribution in [-0.2, 0) is 9.59 Å². The van der Waals surface area contributed by atoms with Gasteiger partial charge in [0.2, 0.25) is 11.8 Å². The Kier molecular flexibility index (Phi) is 6.44. The first-order chi connectivity index (χ1) is 13.5. The van der Waals surface area contributed by atoms with Gasteiger partial charge in [-0.2, -0.15) is 5.10 Å². The quantitative estimate of drug-likeness (QED) is 0.600. The Labute approximate surface area is 167 Å². The van der Waals surface area contributed by atoms with Gasteiger partial charge >= 0.3 is 0 Å². The maximum Gasteiger partial charge on any atom is 0.238 e. The predicted molar refractivity (Wildman–Crippen MR) is 112 cm³/mol. The van der Waals surface area contributed by atoms with Crippen LogP contribution in [0.25, 0.3) is 0 Å². The SMILES string of the molecule is COc1ccc(NC(=O)[C@H]2CC(=O)N/C(=N\N=C(\C)c3ccccc3)S2)cc1. The van der Waals surface area contributed by atoms with Crippen molar-refractivity contribution >= 4 is 40.1 Å². The highest BCUT2D eigenvalue weighted by molar-refractivity contribution is 8.15. The lowest BCUT2D eigenvalue weighted by Gasteiger charge is -2.21. The van der Waals surface area contributed by atoms with Gasteiger partial charge in [0.1, 0.15) is 11.0 Å². The molecule has 28 heavy (non-hydrogen) atoms. The van der Waals surface area contributed by atoms with Crippen LogP contribution in [-0.4, -0.2) is 35.1 Å². The van der Waals surface area contributed by atoms with Crippen molar-refractivity contribution in [1.29, 1.82) is 0 Å². The van der Waals surface area contributed by atoms with E-state index >= 15 is 0 Å². The summed E-state index contributed by atoms with van der Waals surface area (Å²) in [4.78, 5) is 24.5. The second kappa shape index (κ2) is 9.18. The standard InChI is InChI=1S/C20H20N4O3S/c1-13(14-6-4-3-5-7-14)23-24-20-22-18(25)12-17(28-20)19(26)21-15-8-10-16(27-2)11-9-15/h3-11,17H,12H2,1-2H3,(H,21,26)(H,22,24,25)/b23-13-/t17-/m1/s1. The summed E-state index contributed by atoms with van der Waals surface area (Å²) in [5, 5.41) is 13.5. The van der Waals surface area contributed by atoms with Gasteiger partial charge in [0.05, 0.1) is 12.8 Å². The van der Waals surface area contributed by atoms with Gasteiger partial charge in [-0.15, -0.1) is 5.10 Å². The zero-order valence-corrected chi connectivity index (χ0v) is 16.3. The number of hydrogen-bond acceptors (Lipinski definition) is 6. The van der Waals surface area contributed by atoms with Gasteiger partial charge in [-0.1, -0.05) is 42.1 Å². The second-order valence-electron chi connectivity index (χ2n) is 6.03. The summed E-state index contributed by atoms with van der Waals surface area (Å²) in [5.41, 5.74) is 2.29. The molecule has 1 saturated heterocycles. The number of ether oxygens (including phenoxy) is 1. The zero-order chi connectivity index (χ0) is 19.9. The van der Waals surface area contributed by atoms with Crippen molar-refractivity contribution in [2.24, 2.45) is 10.2 Å².